The van der Waals surface area contributed by atoms with Crippen molar-refractivity contribution in [2.75, 3.05) is 12.8 Å². The van der Waals surface area contributed by atoms with Gasteiger partial charge < -0.3 is 10.5 Å². The molecule has 0 amide bonds. The van der Waals surface area contributed by atoms with E-state index in [1.54, 1.807) is 6.07 Å². The van der Waals surface area contributed by atoms with Crippen molar-refractivity contribution in [3.8, 4) is 22.9 Å². The molecule has 0 radical (unpaired) electrons. The molecule has 0 saturated heterocycles. The van der Waals surface area contributed by atoms with Crippen molar-refractivity contribution in [3.63, 3.8) is 0 Å². The maximum Gasteiger partial charge on any atom is 0.340 e. The number of carbonyl (C=O) groups is 1. The number of esters is 1. The molecule has 1 rings (SSSR count). The molecule has 0 heterocycles. The standard InChI is InChI=1S/C18H25NO2Si2/c1-21-18(20)16-13-14(8-10-22(2,3)4)12-15(17(16)19)9-11-23(5,6)7/h12-13H,19H2,1-7H3. The number of nitrogens with two attached hydrogens (primary N) is 1. The van der Waals surface area contributed by atoms with Crippen LogP contribution in [0.2, 0.25) is 39.3 Å². The van der Waals surface area contributed by atoms with Gasteiger partial charge in [-0.1, -0.05) is 51.1 Å². The van der Waals surface area contributed by atoms with Crippen molar-refractivity contribution in [2.45, 2.75) is 39.3 Å². The van der Waals surface area contributed by atoms with Crippen molar-refractivity contribution in [1.29, 1.82) is 0 Å². The average Bonchev–Trinajstić information content (AvgIpc) is 2.42. The van der Waals surface area contributed by atoms with E-state index in [9.17, 15) is 4.79 Å². The summed E-state index contributed by atoms with van der Waals surface area (Å²) in [6.45, 7) is 13.0. The Hall–Kier alpha value is -1.96. The van der Waals surface area contributed by atoms with Gasteiger partial charge in [-0.15, -0.1) is 11.1 Å². The van der Waals surface area contributed by atoms with E-state index in [0.717, 1.165) is 5.56 Å². The molecular weight excluding hydrogens is 318 g/mol. The minimum absolute atomic E-state index is 0.328. The first-order chi connectivity index (χ1) is 10.4. The lowest BCUT2D eigenvalue weighted by molar-refractivity contribution is 0.0602. The highest BCUT2D eigenvalue weighted by Gasteiger charge is 2.15. The van der Waals surface area contributed by atoms with Crippen LogP contribution >= 0.6 is 0 Å². The minimum atomic E-state index is -1.54. The number of rotatable bonds is 1. The summed E-state index contributed by atoms with van der Waals surface area (Å²) in [6, 6.07) is 3.55. The molecular formula is C18H25NO2Si2. The van der Waals surface area contributed by atoms with Crippen molar-refractivity contribution in [2.24, 2.45) is 0 Å². The number of carbonyl (C=O) groups excluding carboxylic acids is 1. The number of nitrogen functional groups attached to an aromatic ring is 1. The van der Waals surface area contributed by atoms with Crippen molar-refractivity contribution in [1.82, 2.24) is 0 Å². The van der Waals surface area contributed by atoms with Crippen LogP contribution in [0.15, 0.2) is 12.1 Å². The Morgan fingerprint density at radius 3 is 2.00 bits per heavy atom. The molecule has 0 bridgehead atoms. The molecule has 0 fully saturated rings. The van der Waals surface area contributed by atoms with Gasteiger partial charge in [0.05, 0.1) is 18.4 Å². The Morgan fingerprint density at radius 1 is 1.00 bits per heavy atom. The van der Waals surface area contributed by atoms with Crippen LogP contribution in [0.1, 0.15) is 21.5 Å². The quantitative estimate of drug-likeness (QED) is 0.367. The Morgan fingerprint density at radius 2 is 1.52 bits per heavy atom. The summed E-state index contributed by atoms with van der Waals surface area (Å²) >= 11 is 0. The number of ether oxygens (including phenoxy) is 1. The molecule has 0 unspecified atom stereocenters. The first-order valence-electron chi connectivity index (χ1n) is 7.51. The van der Waals surface area contributed by atoms with E-state index in [-0.39, 0.29) is 0 Å². The van der Waals surface area contributed by atoms with E-state index >= 15 is 0 Å². The fraction of sp³-hybridized carbons (Fsp3) is 0.389. The van der Waals surface area contributed by atoms with Crippen LogP contribution in [0.4, 0.5) is 5.69 Å². The van der Waals surface area contributed by atoms with Gasteiger partial charge in [0, 0.05) is 11.1 Å². The molecule has 0 aromatic heterocycles. The summed E-state index contributed by atoms with van der Waals surface area (Å²) in [5.74, 6) is 5.83. The molecule has 0 aliphatic carbocycles. The summed E-state index contributed by atoms with van der Waals surface area (Å²) in [6.07, 6.45) is 0. The molecule has 3 nitrogen and oxygen atoms in total. The number of hydrogen-bond donors (Lipinski definition) is 1. The molecule has 1 aromatic rings. The highest BCUT2D eigenvalue weighted by Crippen LogP contribution is 2.21. The Bertz CT molecular complexity index is 733. The van der Waals surface area contributed by atoms with Crippen LogP contribution in [0.3, 0.4) is 0 Å². The third-order valence-corrected chi connectivity index (χ3v) is 4.49. The van der Waals surface area contributed by atoms with Gasteiger partial charge in [0.15, 0.2) is 0 Å². The fourth-order valence-electron chi connectivity index (χ4n) is 1.62. The Labute approximate surface area is 141 Å². The summed E-state index contributed by atoms with van der Waals surface area (Å²) in [4.78, 5) is 12.0. The predicted molar refractivity (Wildman–Crippen MR) is 103 cm³/mol. The van der Waals surface area contributed by atoms with Crippen LogP contribution in [0.5, 0.6) is 0 Å². The molecule has 1 aromatic carbocycles. The maximum atomic E-state index is 12.0. The molecule has 2 N–H and O–H groups in total. The number of methoxy groups -OCH3 is 1. The molecule has 5 heteroatoms. The molecule has 0 spiro atoms. The van der Waals surface area contributed by atoms with E-state index in [4.69, 9.17) is 10.5 Å². The SMILES string of the molecule is COC(=O)c1cc(C#C[Si](C)(C)C)cc(C#C[Si](C)(C)C)c1N. The zero-order valence-corrected chi connectivity index (χ0v) is 17.0. The minimum Gasteiger partial charge on any atom is -0.465 e. The van der Waals surface area contributed by atoms with Crippen LogP contribution in [-0.4, -0.2) is 29.2 Å². The largest absolute Gasteiger partial charge is 0.465 e. The Balaban J connectivity index is 3.52. The summed E-state index contributed by atoms with van der Waals surface area (Å²) in [5, 5.41) is 0. The summed E-state index contributed by atoms with van der Waals surface area (Å²) in [7, 11) is -1.71. The molecule has 23 heavy (non-hydrogen) atoms. The number of hydrogen-bond acceptors (Lipinski definition) is 3. The lowest BCUT2D eigenvalue weighted by atomic mass is 10.0. The third-order valence-electron chi connectivity index (χ3n) is 2.74. The molecule has 0 aliphatic rings. The second kappa shape index (κ2) is 7.08. The van der Waals surface area contributed by atoms with E-state index in [2.05, 4.69) is 62.2 Å². The van der Waals surface area contributed by atoms with Crippen LogP contribution < -0.4 is 5.73 Å². The van der Waals surface area contributed by atoms with E-state index in [1.807, 2.05) is 6.07 Å². The Kier molecular flexibility index (Phi) is 5.88. The van der Waals surface area contributed by atoms with Gasteiger partial charge in [-0.05, 0) is 12.1 Å². The van der Waals surface area contributed by atoms with Crippen LogP contribution in [0, 0.1) is 22.9 Å². The predicted octanol–water partition coefficient (Wildman–Crippen LogP) is 3.51. The van der Waals surface area contributed by atoms with Crippen molar-refractivity contribution < 1.29 is 9.53 Å². The van der Waals surface area contributed by atoms with E-state index < -0.39 is 22.1 Å². The highest BCUT2D eigenvalue weighted by atomic mass is 28.3. The molecule has 0 aliphatic heterocycles. The summed E-state index contributed by atoms with van der Waals surface area (Å²) < 4.78 is 4.82. The molecule has 122 valence electrons. The van der Waals surface area contributed by atoms with Crippen molar-refractivity contribution in [3.05, 3.63) is 28.8 Å². The second-order valence-corrected chi connectivity index (χ2v) is 17.0. The maximum absolute atomic E-state index is 12.0. The van der Waals surface area contributed by atoms with Gasteiger partial charge in [0.1, 0.15) is 16.1 Å². The zero-order chi connectivity index (χ0) is 17.8. The third kappa shape index (κ3) is 6.36. The first kappa shape index (κ1) is 19.1. The number of anilines is 1. The van der Waals surface area contributed by atoms with Gasteiger partial charge in [-0.2, -0.15) is 0 Å². The number of benzene rings is 1. The first-order valence-corrected chi connectivity index (χ1v) is 14.5. The summed E-state index contributed by atoms with van der Waals surface area (Å²) in [5.41, 5.74) is 14.8. The van der Waals surface area contributed by atoms with E-state index in [0.29, 0.717) is 16.8 Å². The zero-order valence-electron chi connectivity index (χ0n) is 15.0. The topological polar surface area (TPSA) is 52.3 Å². The van der Waals surface area contributed by atoms with Gasteiger partial charge in [0.25, 0.3) is 0 Å². The highest BCUT2D eigenvalue weighted by molar-refractivity contribution is 6.84. The lowest BCUT2D eigenvalue weighted by Crippen LogP contribution is -2.17. The van der Waals surface area contributed by atoms with Gasteiger partial charge in [0.2, 0.25) is 0 Å². The lowest BCUT2D eigenvalue weighted by Gasteiger charge is -2.09. The fourth-order valence-corrected chi connectivity index (χ4v) is 2.65. The van der Waals surface area contributed by atoms with Crippen molar-refractivity contribution >= 4 is 27.8 Å². The monoisotopic (exact) mass is 343 g/mol. The van der Waals surface area contributed by atoms with Gasteiger partial charge >= 0.3 is 5.97 Å². The van der Waals surface area contributed by atoms with E-state index in [1.165, 1.54) is 7.11 Å². The molecule has 0 atom stereocenters. The normalized spacial score (nSPS) is 10.9. The van der Waals surface area contributed by atoms with Gasteiger partial charge in [-0.3, -0.25) is 0 Å². The van der Waals surface area contributed by atoms with Crippen LogP contribution in [0.25, 0.3) is 0 Å². The smallest absolute Gasteiger partial charge is 0.340 e. The van der Waals surface area contributed by atoms with Crippen LogP contribution in [-0.2, 0) is 4.74 Å². The molecule has 0 saturated carbocycles. The second-order valence-electron chi connectivity index (χ2n) is 7.48. The average molecular weight is 344 g/mol. The van der Waals surface area contributed by atoms with Gasteiger partial charge in [-0.25, -0.2) is 4.79 Å².